The van der Waals surface area contributed by atoms with Crippen molar-refractivity contribution in [1.29, 1.82) is 0 Å². The number of Topliss-reactive ketones (excluding diaryl/α,β-unsaturated/α-hetero) is 1. The molecule has 0 aliphatic rings. The van der Waals surface area contributed by atoms with Gasteiger partial charge in [0.25, 0.3) is 0 Å². The van der Waals surface area contributed by atoms with Gasteiger partial charge in [-0.25, -0.2) is 4.79 Å². The van der Waals surface area contributed by atoms with Crippen LogP contribution < -0.4 is 0 Å². The summed E-state index contributed by atoms with van der Waals surface area (Å²) in [6.45, 7) is 2.80. The predicted octanol–water partition coefficient (Wildman–Crippen LogP) is -1.14. The monoisotopic (exact) mass is 222 g/mol. The van der Waals surface area contributed by atoms with Gasteiger partial charge >= 0.3 is 11.9 Å². The van der Waals surface area contributed by atoms with Gasteiger partial charge in [-0.2, -0.15) is 0 Å². The predicted molar refractivity (Wildman–Crippen MR) is 48.3 cm³/mol. The first-order chi connectivity index (χ1) is 6.68. The molecule has 2 atom stereocenters. The average molecular weight is 222 g/mol. The van der Waals surface area contributed by atoms with Crippen LogP contribution in [0.15, 0.2) is 0 Å². The first kappa shape index (κ1) is 16.0. The lowest BCUT2D eigenvalue weighted by atomic mass is 10.3. The summed E-state index contributed by atoms with van der Waals surface area (Å²) in [4.78, 5) is 29.3. The first-order valence-electron chi connectivity index (χ1n) is 3.99. The summed E-state index contributed by atoms with van der Waals surface area (Å²) < 4.78 is 0. The number of aliphatic carboxylic acids is 2. The van der Waals surface area contributed by atoms with E-state index in [2.05, 4.69) is 0 Å². The molecule has 0 saturated carbocycles. The molecule has 2 unspecified atom stereocenters. The van der Waals surface area contributed by atoms with Crippen LogP contribution in [0.25, 0.3) is 0 Å². The van der Waals surface area contributed by atoms with Gasteiger partial charge in [0.1, 0.15) is 6.10 Å². The molecule has 88 valence electrons. The molecule has 0 bridgehead atoms. The zero-order chi connectivity index (χ0) is 12.6. The Morgan fingerprint density at radius 2 is 1.47 bits per heavy atom. The highest BCUT2D eigenvalue weighted by Crippen LogP contribution is 1.89. The van der Waals surface area contributed by atoms with Gasteiger partial charge < -0.3 is 20.4 Å². The fourth-order valence-electron chi connectivity index (χ4n) is 0.253. The van der Waals surface area contributed by atoms with Crippen LogP contribution in [0.2, 0.25) is 0 Å². The summed E-state index contributed by atoms with van der Waals surface area (Å²) >= 11 is 0. The van der Waals surface area contributed by atoms with Crippen LogP contribution in [0.5, 0.6) is 0 Å². The number of hydrogen-bond acceptors (Lipinski definition) is 5. The largest absolute Gasteiger partial charge is 0.481 e. The Kier molecular flexibility index (Phi) is 8.40. The maximum absolute atomic E-state index is 9.89. The van der Waals surface area contributed by atoms with Gasteiger partial charge in [-0.05, 0) is 13.8 Å². The zero-order valence-electron chi connectivity index (χ0n) is 8.38. The van der Waals surface area contributed by atoms with Crippen LogP contribution in [0, 0.1) is 0 Å². The molecule has 0 aliphatic heterocycles. The second-order valence-corrected chi connectivity index (χ2v) is 2.74. The van der Waals surface area contributed by atoms with Crippen LogP contribution >= 0.6 is 0 Å². The summed E-state index contributed by atoms with van der Waals surface area (Å²) in [6, 6.07) is 0. The molecule has 0 fully saturated rings. The van der Waals surface area contributed by atoms with Crippen molar-refractivity contribution in [2.45, 2.75) is 32.5 Å². The van der Waals surface area contributed by atoms with Crippen molar-refractivity contribution in [2.75, 3.05) is 0 Å². The lowest BCUT2D eigenvalue weighted by Crippen LogP contribution is -2.22. The Morgan fingerprint density at radius 1 is 1.13 bits per heavy atom. The van der Waals surface area contributed by atoms with Crippen LogP contribution in [-0.4, -0.2) is 50.4 Å². The molecule has 0 saturated heterocycles. The van der Waals surface area contributed by atoms with Crippen LogP contribution in [0.1, 0.15) is 20.3 Å². The lowest BCUT2D eigenvalue weighted by molar-refractivity contribution is -0.152. The topological polar surface area (TPSA) is 132 Å². The van der Waals surface area contributed by atoms with Crippen LogP contribution in [0.4, 0.5) is 0 Å². The second-order valence-electron chi connectivity index (χ2n) is 2.74. The lowest BCUT2D eigenvalue weighted by Gasteiger charge is -1.97. The smallest absolute Gasteiger partial charge is 0.333 e. The molecular formula is C8H14O7. The second kappa shape index (κ2) is 7.89. The molecule has 0 aliphatic carbocycles. The molecule has 0 amide bonds. The van der Waals surface area contributed by atoms with Crippen LogP contribution in [0.3, 0.4) is 0 Å². The number of carboxylic acids is 2. The Hall–Kier alpha value is -1.47. The van der Waals surface area contributed by atoms with E-state index in [0.717, 1.165) is 0 Å². The van der Waals surface area contributed by atoms with Gasteiger partial charge in [-0.3, -0.25) is 9.59 Å². The number of rotatable bonds is 4. The van der Waals surface area contributed by atoms with Crippen molar-refractivity contribution in [3.05, 3.63) is 0 Å². The number of carbonyl (C=O) groups excluding carboxylic acids is 1. The Labute approximate surface area is 86.0 Å². The van der Waals surface area contributed by atoms with E-state index < -0.39 is 30.6 Å². The third-order valence-electron chi connectivity index (χ3n) is 1.24. The molecule has 0 rings (SSSR count). The molecule has 4 N–H and O–H groups in total. The van der Waals surface area contributed by atoms with E-state index in [-0.39, 0.29) is 5.78 Å². The van der Waals surface area contributed by atoms with E-state index in [9.17, 15) is 14.4 Å². The molecule has 0 aromatic carbocycles. The summed E-state index contributed by atoms with van der Waals surface area (Å²) in [5, 5.41) is 32.4. The van der Waals surface area contributed by atoms with Gasteiger partial charge in [-0.1, -0.05) is 0 Å². The average Bonchev–Trinajstić information content (AvgIpc) is 2.03. The highest BCUT2D eigenvalue weighted by molar-refractivity contribution is 5.79. The van der Waals surface area contributed by atoms with Gasteiger partial charge in [0.15, 0.2) is 11.9 Å². The molecular weight excluding hydrogens is 208 g/mol. The third kappa shape index (κ3) is 12.5. The minimum atomic E-state index is -1.79. The van der Waals surface area contributed by atoms with Gasteiger partial charge in [-0.15, -0.1) is 0 Å². The number of aliphatic hydroxyl groups is 2. The van der Waals surface area contributed by atoms with Crippen molar-refractivity contribution in [1.82, 2.24) is 0 Å². The summed E-state index contributed by atoms with van der Waals surface area (Å²) in [6.07, 6.45) is -3.33. The fraction of sp³-hybridized carbons (Fsp3) is 0.625. The maximum atomic E-state index is 9.89. The van der Waals surface area contributed by atoms with E-state index in [4.69, 9.17) is 20.4 Å². The summed E-state index contributed by atoms with van der Waals surface area (Å²) in [7, 11) is 0. The summed E-state index contributed by atoms with van der Waals surface area (Å²) in [5.74, 6) is -3.03. The molecule has 0 heterocycles. The molecule has 0 aromatic heterocycles. The maximum Gasteiger partial charge on any atom is 0.333 e. The number of hydrogen-bond donors (Lipinski definition) is 4. The molecule has 7 nitrogen and oxygen atoms in total. The molecule has 0 radical (unpaired) electrons. The van der Waals surface area contributed by atoms with E-state index in [1.807, 2.05) is 0 Å². The minimum absolute atomic E-state index is 0.185. The molecule has 7 heteroatoms. The standard InChI is InChI=1S/C4H6O5.C4H8O2/c5-2(4(8)9)1-3(6)7;1-3(5)4(2)6/h2,5H,1H2,(H,6,7)(H,8,9);3,5H,1-2H3. The zero-order valence-corrected chi connectivity index (χ0v) is 8.38. The highest BCUT2D eigenvalue weighted by Gasteiger charge is 2.16. The van der Waals surface area contributed by atoms with Gasteiger partial charge in [0.05, 0.1) is 6.42 Å². The quantitative estimate of drug-likeness (QED) is 0.472. The van der Waals surface area contributed by atoms with E-state index in [1.54, 1.807) is 0 Å². The number of carboxylic acid groups (broad SMARTS) is 2. The van der Waals surface area contributed by atoms with E-state index in [0.29, 0.717) is 0 Å². The molecule has 15 heavy (non-hydrogen) atoms. The molecule has 0 spiro atoms. The number of ketones is 1. The van der Waals surface area contributed by atoms with Crippen molar-refractivity contribution in [2.24, 2.45) is 0 Å². The Balaban J connectivity index is 0. The van der Waals surface area contributed by atoms with Crippen molar-refractivity contribution in [3.8, 4) is 0 Å². The minimum Gasteiger partial charge on any atom is -0.481 e. The van der Waals surface area contributed by atoms with Crippen LogP contribution in [-0.2, 0) is 14.4 Å². The Morgan fingerprint density at radius 3 is 1.53 bits per heavy atom. The van der Waals surface area contributed by atoms with Gasteiger partial charge in [0.2, 0.25) is 0 Å². The highest BCUT2D eigenvalue weighted by atomic mass is 16.4. The van der Waals surface area contributed by atoms with Crippen molar-refractivity contribution in [3.63, 3.8) is 0 Å². The van der Waals surface area contributed by atoms with Crippen molar-refractivity contribution < 1.29 is 34.8 Å². The number of carbonyl (C=O) groups is 3. The third-order valence-corrected chi connectivity index (χ3v) is 1.24. The molecule has 0 aromatic rings. The van der Waals surface area contributed by atoms with Gasteiger partial charge in [0, 0.05) is 0 Å². The normalized spacial score (nSPS) is 13.1. The van der Waals surface area contributed by atoms with E-state index in [1.165, 1.54) is 13.8 Å². The Bertz CT molecular complexity index is 233. The SMILES string of the molecule is CC(=O)C(C)O.O=C(O)CC(O)C(=O)O. The fourth-order valence-corrected chi connectivity index (χ4v) is 0.253. The van der Waals surface area contributed by atoms with Crippen molar-refractivity contribution >= 4 is 17.7 Å². The van der Waals surface area contributed by atoms with E-state index >= 15 is 0 Å². The number of aliphatic hydroxyl groups excluding tert-OH is 2. The summed E-state index contributed by atoms with van der Waals surface area (Å²) in [5.41, 5.74) is 0. The first-order valence-corrected chi connectivity index (χ1v) is 3.99.